The molecule has 1 atom stereocenters. The van der Waals surface area contributed by atoms with Crippen LogP contribution in [0.5, 0.6) is 0 Å². The Morgan fingerprint density at radius 1 is 1.42 bits per heavy atom. The van der Waals surface area contributed by atoms with Crippen molar-refractivity contribution < 1.29 is 17.7 Å². The molecule has 1 amide bonds. The van der Waals surface area contributed by atoms with Crippen LogP contribution in [-0.2, 0) is 34.8 Å². The second kappa shape index (κ2) is 7.16. The summed E-state index contributed by atoms with van der Waals surface area (Å²) >= 11 is 0. The molecule has 0 N–H and O–H groups in total. The molecule has 3 rings (SSSR count). The first-order valence-electron chi connectivity index (χ1n) is 8.39. The smallest absolute Gasteiger partial charge is 0.246 e. The highest BCUT2D eigenvalue weighted by Gasteiger charge is 2.39. The zero-order valence-electron chi connectivity index (χ0n) is 15.0. The summed E-state index contributed by atoms with van der Waals surface area (Å²) in [5.41, 5.74) is 0. The molecule has 0 spiro atoms. The molecule has 26 heavy (non-hydrogen) atoms. The molecule has 2 aromatic rings. The summed E-state index contributed by atoms with van der Waals surface area (Å²) in [7, 11) is -1.92. The number of carbonyl (C=O) groups is 1. The van der Waals surface area contributed by atoms with E-state index in [1.54, 1.807) is 28.9 Å². The van der Waals surface area contributed by atoms with Gasteiger partial charge < -0.3 is 4.52 Å². The number of aryl methyl sites for hydroxylation is 2. The van der Waals surface area contributed by atoms with Crippen molar-refractivity contribution in [3.05, 3.63) is 24.0 Å². The van der Waals surface area contributed by atoms with Gasteiger partial charge in [-0.25, -0.2) is 8.42 Å². The number of nitrogens with zero attached hydrogens (tertiary/aromatic N) is 6. The highest BCUT2D eigenvalue weighted by molar-refractivity contribution is 7.88. The summed E-state index contributed by atoms with van der Waals surface area (Å²) < 4.78 is 32.6. The molecule has 142 valence electrons. The van der Waals surface area contributed by atoms with Gasteiger partial charge in [0.05, 0.1) is 19.0 Å². The number of hydrogen-bond acceptors (Lipinski definition) is 7. The number of piperidine rings is 1. The summed E-state index contributed by atoms with van der Waals surface area (Å²) in [5, 5.41) is 7.87. The minimum absolute atomic E-state index is 0.124. The van der Waals surface area contributed by atoms with Crippen molar-refractivity contribution in [1.29, 1.82) is 0 Å². The third-order valence-electron chi connectivity index (χ3n) is 4.37. The Labute approximate surface area is 151 Å². The molecule has 2 aromatic heterocycles. The zero-order chi connectivity index (χ0) is 18.9. The fourth-order valence-corrected chi connectivity index (χ4v) is 4.08. The molecular formula is C15H22N6O4S. The molecule has 1 aliphatic heterocycles. The largest absolute Gasteiger partial charge is 0.338 e. The average Bonchev–Trinajstić information content (AvgIpc) is 3.21. The van der Waals surface area contributed by atoms with Gasteiger partial charge in [0.2, 0.25) is 21.8 Å². The van der Waals surface area contributed by atoms with Gasteiger partial charge in [-0.2, -0.15) is 14.4 Å². The Bertz CT molecular complexity index is 890. The number of hydrogen-bond donors (Lipinski definition) is 0. The van der Waals surface area contributed by atoms with E-state index in [9.17, 15) is 13.2 Å². The molecular weight excluding hydrogens is 360 g/mol. The standard InChI is InChI=1S/C15H22N6O4S/c1-4-12-17-13(25-18-12)10-21(26(3,23)24)11-6-5-9-20(15(11)22)14-7-8-16-19(14)2/h7-8,11H,4-6,9-10H2,1-3H3/t11-/m1/s1. The Balaban J connectivity index is 1.88. The highest BCUT2D eigenvalue weighted by Crippen LogP contribution is 2.25. The normalized spacial score (nSPS) is 18.7. The van der Waals surface area contributed by atoms with Crippen molar-refractivity contribution in [2.75, 3.05) is 17.7 Å². The van der Waals surface area contributed by atoms with Crippen LogP contribution in [0.25, 0.3) is 0 Å². The van der Waals surface area contributed by atoms with Gasteiger partial charge in [-0.15, -0.1) is 0 Å². The molecule has 0 radical (unpaired) electrons. The summed E-state index contributed by atoms with van der Waals surface area (Å²) in [5.74, 6) is 1.04. The molecule has 0 saturated carbocycles. The van der Waals surface area contributed by atoms with E-state index in [0.717, 1.165) is 10.6 Å². The van der Waals surface area contributed by atoms with Gasteiger partial charge in [0.1, 0.15) is 11.9 Å². The van der Waals surface area contributed by atoms with Gasteiger partial charge in [-0.1, -0.05) is 12.1 Å². The Morgan fingerprint density at radius 2 is 2.19 bits per heavy atom. The van der Waals surface area contributed by atoms with Crippen LogP contribution in [0.1, 0.15) is 31.5 Å². The minimum Gasteiger partial charge on any atom is -0.338 e. The minimum atomic E-state index is -3.66. The maximum absolute atomic E-state index is 13.0. The van der Waals surface area contributed by atoms with Crippen LogP contribution >= 0.6 is 0 Å². The van der Waals surface area contributed by atoms with Crippen molar-refractivity contribution in [2.24, 2.45) is 7.05 Å². The molecule has 1 fully saturated rings. The Morgan fingerprint density at radius 3 is 2.77 bits per heavy atom. The lowest BCUT2D eigenvalue weighted by molar-refractivity contribution is -0.123. The lowest BCUT2D eigenvalue weighted by Gasteiger charge is -2.36. The number of sulfonamides is 1. The van der Waals surface area contributed by atoms with E-state index in [0.29, 0.717) is 37.4 Å². The maximum Gasteiger partial charge on any atom is 0.246 e. The quantitative estimate of drug-likeness (QED) is 0.707. The summed E-state index contributed by atoms with van der Waals surface area (Å²) in [6.07, 6.45) is 4.39. The van der Waals surface area contributed by atoms with Crippen molar-refractivity contribution in [1.82, 2.24) is 24.2 Å². The lowest BCUT2D eigenvalue weighted by atomic mass is 10.0. The first kappa shape index (κ1) is 18.5. The number of amides is 1. The molecule has 1 saturated heterocycles. The van der Waals surface area contributed by atoms with E-state index in [2.05, 4.69) is 15.2 Å². The molecule has 10 nitrogen and oxygen atoms in total. The van der Waals surface area contributed by atoms with E-state index in [1.807, 2.05) is 6.92 Å². The molecule has 1 aliphatic rings. The van der Waals surface area contributed by atoms with Crippen molar-refractivity contribution >= 4 is 21.7 Å². The second-order valence-corrected chi connectivity index (χ2v) is 8.16. The van der Waals surface area contributed by atoms with Gasteiger partial charge in [0.25, 0.3) is 0 Å². The lowest BCUT2D eigenvalue weighted by Crippen LogP contribution is -2.54. The maximum atomic E-state index is 13.0. The number of aromatic nitrogens is 4. The first-order valence-corrected chi connectivity index (χ1v) is 10.2. The van der Waals surface area contributed by atoms with Crippen LogP contribution in [0.15, 0.2) is 16.8 Å². The summed E-state index contributed by atoms with van der Waals surface area (Å²) in [4.78, 5) is 18.8. The monoisotopic (exact) mass is 382 g/mol. The van der Waals surface area contributed by atoms with E-state index < -0.39 is 16.1 Å². The number of rotatable bonds is 6. The highest BCUT2D eigenvalue weighted by atomic mass is 32.2. The van der Waals surface area contributed by atoms with Gasteiger partial charge in [-0.3, -0.25) is 14.4 Å². The SMILES string of the molecule is CCc1noc(CN([C@@H]2CCCN(c3ccnn3C)C2=O)S(C)(=O)=O)n1. The fourth-order valence-electron chi connectivity index (χ4n) is 3.07. The predicted molar refractivity (Wildman–Crippen MR) is 92.6 cm³/mol. The van der Waals surface area contributed by atoms with E-state index in [1.165, 1.54) is 0 Å². The van der Waals surface area contributed by atoms with Crippen LogP contribution in [0.4, 0.5) is 5.82 Å². The second-order valence-electron chi connectivity index (χ2n) is 6.23. The number of anilines is 1. The zero-order valence-corrected chi connectivity index (χ0v) is 15.8. The van der Waals surface area contributed by atoms with Crippen molar-refractivity contribution in [3.8, 4) is 0 Å². The molecule has 0 bridgehead atoms. The van der Waals surface area contributed by atoms with Gasteiger partial charge in [-0.05, 0) is 12.8 Å². The van der Waals surface area contributed by atoms with Crippen LogP contribution in [0.3, 0.4) is 0 Å². The molecule has 0 aromatic carbocycles. The topological polar surface area (TPSA) is 114 Å². The van der Waals surface area contributed by atoms with Crippen LogP contribution in [0, 0.1) is 0 Å². The molecule has 11 heteroatoms. The van der Waals surface area contributed by atoms with Crippen molar-refractivity contribution in [2.45, 2.75) is 38.8 Å². The summed E-state index contributed by atoms with van der Waals surface area (Å²) in [6.45, 7) is 2.27. The summed E-state index contributed by atoms with van der Waals surface area (Å²) in [6, 6.07) is 0.918. The van der Waals surface area contributed by atoms with Crippen LogP contribution < -0.4 is 4.90 Å². The molecule has 3 heterocycles. The van der Waals surface area contributed by atoms with Crippen molar-refractivity contribution in [3.63, 3.8) is 0 Å². The third kappa shape index (κ3) is 3.63. The first-order chi connectivity index (χ1) is 12.3. The van der Waals surface area contributed by atoms with Gasteiger partial charge in [0.15, 0.2) is 5.82 Å². The third-order valence-corrected chi connectivity index (χ3v) is 5.61. The molecule has 0 aliphatic carbocycles. The molecule has 0 unspecified atom stereocenters. The number of carbonyl (C=O) groups excluding carboxylic acids is 1. The van der Waals surface area contributed by atoms with E-state index in [4.69, 9.17) is 4.52 Å². The fraction of sp³-hybridized carbons (Fsp3) is 0.600. The predicted octanol–water partition coefficient (Wildman–Crippen LogP) is 0.323. The van der Waals surface area contributed by atoms with Gasteiger partial charge >= 0.3 is 0 Å². The Hall–Kier alpha value is -2.27. The van der Waals surface area contributed by atoms with Crippen LogP contribution in [-0.4, -0.2) is 57.4 Å². The Kier molecular flexibility index (Phi) is 5.10. The van der Waals surface area contributed by atoms with E-state index >= 15 is 0 Å². The van der Waals surface area contributed by atoms with Crippen LogP contribution in [0.2, 0.25) is 0 Å². The van der Waals surface area contributed by atoms with E-state index in [-0.39, 0.29) is 18.3 Å². The van der Waals surface area contributed by atoms with Gasteiger partial charge in [0, 0.05) is 26.1 Å². The average molecular weight is 382 g/mol.